The fourth-order valence-electron chi connectivity index (χ4n) is 3.28. The lowest BCUT2D eigenvalue weighted by Gasteiger charge is -2.12. The van der Waals surface area contributed by atoms with Gasteiger partial charge in [0, 0.05) is 45.0 Å². The van der Waals surface area contributed by atoms with Gasteiger partial charge in [-0.2, -0.15) is 0 Å². The quantitative estimate of drug-likeness (QED) is 0.349. The van der Waals surface area contributed by atoms with Crippen molar-refractivity contribution in [3.63, 3.8) is 0 Å². The van der Waals surface area contributed by atoms with E-state index < -0.39 is 0 Å². The van der Waals surface area contributed by atoms with Gasteiger partial charge in [-0.05, 0) is 24.6 Å². The molecule has 1 aliphatic carbocycles. The van der Waals surface area contributed by atoms with Crippen LogP contribution in [0.4, 0.5) is 5.69 Å². The first-order valence-electron chi connectivity index (χ1n) is 9.81. The Balaban J connectivity index is 2.06. The van der Waals surface area contributed by atoms with E-state index in [1.165, 1.54) is 0 Å². The Hall–Kier alpha value is -2.44. The molecular formula is C22H30N3O3+. The number of methoxy groups -OCH3 is 2. The number of ether oxygens (including phenoxy) is 2. The summed E-state index contributed by atoms with van der Waals surface area (Å²) in [6, 6.07) is 10.3. The number of nitrogens with one attached hydrogen (secondary N) is 1. The van der Waals surface area contributed by atoms with E-state index in [1.807, 2.05) is 12.1 Å². The van der Waals surface area contributed by atoms with Crippen LogP contribution in [0, 0.1) is 6.92 Å². The molecule has 0 radical (unpaired) electrons. The molecule has 6 heteroatoms. The van der Waals surface area contributed by atoms with Gasteiger partial charge in [0.2, 0.25) is 5.36 Å². The first-order valence-corrected chi connectivity index (χ1v) is 9.81. The van der Waals surface area contributed by atoms with E-state index in [9.17, 15) is 0 Å². The molecule has 1 heterocycles. The normalized spacial score (nSPS) is 12.6. The highest BCUT2D eigenvalue weighted by molar-refractivity contribution is 5.81. The third kappa shape index (κ3) is 4.69. The summed E-state index contributed by atoms with van der Waals surface area (Å²) in [5.41, 5.74) is 4.67. The number of rotatable bonds is 9. The number of anilines is 1. The summed E-state index contributed by atoms with van der Waals surface area (Å²) >= 11 is 0. The minimum atomic E-state index is 0.655. The second kappa shape index (κ2) is 9.66. The predicted molar refractivity (Wildman–Crippen MR) is 113 cm³/mol. The molecule has 6 nitrogen and oxygen atoms in total. The Labute approximate surface area is 166 Å². The number of benzene rings is 2. The first-order chi connectivity index (χ1) is 13.7. The Kier molecular flexibility index (Phi) is 7.01. The van der Waals surface area contributed by atoms with Crippen LogP contribution < -0.4 is 15.2 Å². The van der Waals surface area contributed by atoms with Crippen LogP contribution in [0.25, 0.3) is 22.6 Å². The van der Waals surface area contributed by atoms with Crippen molar-refractivity contribution < 1.29 is 13.9 Å². The maximum absolute atomic E-state index is 6.23. The summed E-state index contributed by atoms with van der Waals surface area (Å²) in [6.45, 7) is 8.18. The summed E-state index contributed by atoms with van der Waals surface area (Å²) in [5, 5.41) is 4.52. The van der Waals surface area contributed by atoms with E-state index in [0.717, 1.165) is 65.2 Å². The van der Waals surface area contributed by atoms with Gasteiger partial charge in [-0.1, -0.05) is 6.92 Å². The highest BCUT2D eigenvalue weighted by atomic mass is 16.5. The SMILES string of the molecule is CCC[N+](CCOC)=c1ccc2nc3cc(C)c(NCCOC)cc3oc-2c1. The molecule has 0 saturated heterocycles. The molecule has 0 aromatic heterocycles. The molecule has 0 saturated carbocycles. The van der Waals surface area contributed by atoms with Crippen LogP contribution in [0.15, 0.2) is 34.7 Å². The van der Waals surface area contributed by atoms with Crippen LogP contribution in [-0.4, -0.2) is 52.1 Å². The van der Waals surface area contributed by atoms with Crippen molar-refractivity contribution in [3.8, 4) is 11.5 Å². The largest absolute Gasteiger partial charge is 0.452 e. The molecule has 3 rings (SSSR count). The zero-order valence-corrected chi connectivity index (χ0v) is 17.2. The fourth-order valence-corrected chi connectivity index (χ4v) is 3.28. The zero-order valence-electron chi connectivity index (χ0n) is 17.2. The summed E-state index contributed by atoms with van der Waals surface area (Å²) in [4.78, 5) is 4.80. The topological polar surface area (TPSA) is 59.5 Å². The average molecular weight is 385 g/mol. The van der Waals surface area contributed by atoms with E-state index in [4.69, 9.17) is 18.9 Å². The average Bonchev–Trinajstić information content (AvgIpc) is 2.70. The summed E-state index contributed by atoms with van der Waals surface area (Å²) in [6.07, 6.45) is 1.07. The van der Waals surface area contributed by atoms with Crippen molar-refractivity contribution in [2.75, 3.05) is 52.4 Å². The lowest BCUT2D eigenvalue weighted by Crippen LogP contribution is -2.33. The Bertz CT molecular complexity index is 965. The molecule has 0 atom stereocenters. The highest BCUT2D eigenvalue weighted by Gasteiger charge is 2.14. The van der Waals surface area contributed by atoms with Gasteiger partial charge < -0.3 is 19.2 Å². The number of nitrogens with zero attached hydrogens (tertiary/aromatic N) is 2. The fraction of sp³-hybridized carbons (Fsp3) is 0.455. The third-order valence-corrected chi connectivity index (χ3v) is 4.76. The van der Waals surface area contributed by atoms with Gasteiger partial charge in [0.25, 0.3) is 0 Å². The van der Waals surface area contributed by atoms with Crippen molar-refractivity contribution in [2.45, 2.75) is 20.3 Å². The van der Waals surface area contributed by atoms with E-state index in [0.29, 0.717) is 13.2 Å². The Morgan fingerprint density at radius 1 is 1.07 bits per heavy atom. The second-order valence-electron chi connectivity index (χ2n) is 6.90. The molecule has 150 valence electrons. The Morgan fingerprint density at radius 3 is 2.64 bits per heavy atom. The number of fused-ring (bicyclic) bond motifs is 2. The predicted octanol–water partition coefficient (Wildman–Crippen LogP) is 3.13. The monoisotopic (exact) mass is 384 g/mol. The van der Waals surface area contributed by atoms with Gasteiger partial charge >= 0.3 is 0 Å². The van der Waals surface area contributed by atoms with Crippen molar-refractivity contribution in [1.29, 1.82) is 0 Å². The van der Waals surface area contributed by atoms with Gasteiger partial charge in [-0.3, -0.25) is 0 Å². The standard InChI is InChI=1S/C22H29N3O3/c1-5-9-25(10-12-27-4)17-6-7-18-21(14-17)28-22-15-19(23-8-11-26-3)16(2)13-20(22)24-18/h6-7,13-15H,5,8-12H2,1-4H3/p+1. The summed E-state index contributed by atoms with van der Waals surface area (Å²) in [7, 11) is 3.43. The van der Waals surface area contributed by atoms with Gasteiger partial charge in [-0.25, -0.2) is 9.56 Å². The van der Waals surface area contributed by atoms with E-state index >= 15 is 0 Å². The maximum Gasteiger partial charge on any atom is 0.203 e. The number of aromatic nitrogens is 1. The molecule has 28 heavy (non-hydrogen) atoms. The number of aryl methyl sites for hydroxylation is 1. The molecule has 0 unspecified atom stereocenters. The lowest BCUT2D eigenvalue weighted by molar-refractivity contribution is 0.193. The lowest BCUT2D eigenvalue weighted by atomic mass is 10.1. The van der Waals surface area contributed by atoms with E-state index in [1.54, 1.807) is 14.2 Å². The molecule has 1 aromatic carbocycles. The Morgan fingerprint density at radius 2 is 1.89 bits per heavy atom. The molecule has 0 spiro atoms. The van der Waals surface area contributed by atoms with E-state index in [2.05, 4.69) is 41.9 Å². The minimum Gasteiger partial charge on any atom is -0.452 e. The van der Waals surface area contributed by atoms with Crippen LogP contribution >= 0.6 is 0 Å². The zero-order chi connectivity index (χ0) is 19.9. The van der Waals surface area contributed by atoms with Crippen LogP contribution in [0.3, 0.4) is 0 Å². The smallest absolute Gasteiger partial charge is 0.203 e. The molecular weight excluding hydrogens is 354 g/mol. The number of hydrogen-bond donors (Lipinski definition) is 1. The van der Waals surface area contributed by atoms with Gasteiger partial charge in [0.1, 0.15) is 24.4 Å². The second-order valence-corrected chi connectivity index (χ2v) is 6.90. The van der Waals surface area contributed by atoms with Crippen LogP contribution in [0.5, 0.6) is 0 Å². The molecule has 1 aromatic rings. The van der Waals surface area contributed by atoms with Crippen molar-refractivity contribution in [2.24, 2.45) is 0 Å². The highest BCUT2D eigenvalue weighted by Crippen LogP contribution is 2.27. The third-order valence-electron chi connectivity index (χ3n) is 4.76. The van der Waals surface area contributed by atoms with E-state index in [-0.39, 0.29) is 0 Å². The van der Waals surface area contributed by atoms with Gasteiger partial charge in [0.05, 0.1) is 12.7 Å². The molecule has 0 bridgehead atoms. The van der Waals surface area contributed by atoms with Crippen LogP contribution in [0.1, 0.15) is 18.9 Å². The summed E-state index contributed by atoms with van der Waals surface area (Å²) in [5.74, 6) is 0.787. The number of hydrogen-bond acceptors (Lipinski definition) is 5. The first kappa shape index (κ1) is 20.3. The molecule has 2 aliphatic rings. The molecule has 0 fully saturated rings. The maximum atomic E-state index is 6.23. The molecule has 1 N–H and O–H groups in total. The summed E-state index contributed by atoms with van der Waals surface area (Å²) < 4.78 is 18.9. The minimum absolute atomic E-state index is 0.655. The van der Waals surface area contributed by atoms with Crippen LogP contribution in [0.2, 0.25) is 0 Å². The van der Waals surface area contributed by atoms with Gasteiger partial charge in [0.15, 0.2) is 17.9 Å². The van der Waals surface area contributed by atoms with Crippen molar-refractivity contribution >= 4 is 16.8 Å². The van der Waals surface area contributed by atoms with Crippen molar-refractivity contribution in [1.82, 2.24) is 9.56 Å². The van der Waals surface area contributed by atoms with Crippen LogP contribution in [-0.2, 0) is 9.47 Å². The van der Waals surface area contributed by atoms with Gasteiger partial charge in [-0.15, -0.1) is 0 Å². The molecule has 1 aliphatic heterocycles. The molecule has 0 amide bonds. The van der Waals surface area contributed by atoms with Crippen molar-refractivity contribution in [3.05, 3.63) is 41.3 Å².